The number of methoxy groups -OCH3 is 1. The van der Waals surface area contributed by atoms with Gasteiger partial charge in [-0.1, -0.05) is 48.5 Å². The van der Waals surface area contributed by atoms with E-state index in [-0.39, 0.29) is 18.0 Å². The molecule has 4 rings (SSSR count). The van der Waals surface area contributed by atoms with Gasteiger partial charge in [-0.3, -0.25) is 9.59 Å². The molecule has 0 bridgehead atoms. The van der Waals surface area contributed by atoms with E-state index in [2.05, 4.69) is 5.10 Å². The molecule has 160 valence electrons. The van der Waals surface area contributed by atoms with Gasteiger partial charge in [0.05, 0.1) is 19.3 Å². The zero-order valence-corrected chi connectivity index (χ0v) is 17.7. The van der Waals surface area contributed by atoms with Gasteiger partial charge in [0.15, 0.2) is 0 Å². The molecule has 4 aromatic rings. The van der Waals surface area contributed by atoms with E-state index in [1.54, 1.807) is 18.1 Å². The second-order valence-corrected chi connectivity index (χ2v) is 7.24. The zero-order chi connectivity index (χ0) is 22.3. The number of amides is 1. The van der Waals surface area contributed by atoms with E-state index in [0.717, 1.165) is 22.6 Å². The number of para-hydroxylation sites is 1. The lowest BCUT2D eigenvalue weighted by Gasteiger charge is -2.23. The Morgan fingerprint density at radius 3 is 2.19 bits per heavy atom. The minimum absolute atomic E-state index is 0.162. The molecular weight excluding hydrogens is 402 g/mol. The molecule has 0 N–H and O–H groups in total. The van der Waals surface area contributed by atoms with Crippen LogP contribution in [0.5, 0.6) is 5.75 Å². The number of hydrogen-bond donors (Lipinski definition) is 0. The van der Waals surface area contributed by atoms with Crippen LogP contribution in [0.2, 0.25) is 0 Å². The average Bonchev–Trinajstić information content (AvgIpc) is 2.85. The summed E-state index contributed by atoms with van der Waals surface area (Å²) in [5.41, 5.74) is 2.87. The van der Waals surface area contributed by atoms with Gasteiger partial charge in [0.25, 0.3) is 5.56 Å². The van der Waals surface area contributed by atoms with Crippen LogP contribution in [-0.4, -0.2) is 22.8 Å². The summed E-state index contributed by atoms with van der Waals surface area (Å²) in [6.45, 7) is 0.237. The molecule has 1 aromatic heterocycles. The maximum Gasteiger partial charge on any atom is 0.267 e. The molecule has 0 radical (unpaired) electrons. The van der Waals surface area contributed by atoms with Crippen LogP contribution in [-0.2, 0) is 17.9 Å². The fourth-order valence-corrected chi connectivity index (χ4v) is 3.39. The highest BCUT2D eigenvalue weighted by atomic mass is 16.5. The number of aromatic nitrogens is 2. The average molecular weight is 425 g/mol. The van der Waals surface area contributed by atoms with Gasteiger partial charge in [0.2, 0.25) is 5.91 Å². The first-order valence-electron chi connectivity index (χ1n) is 10.3. The van der Waals surface area contributed by atoms with Crippen LogP contribution in [0.1, 0.15) is 5.56 Å². The summed E-state index contributed by atoms with van der Waals surface area (Å²) in [5, 5.41) is 4.44. The van der Waals surface area contributed by atoms with E-state index in [4.69, 9.17) is 4.74 Å². The van der Waals surface area contributed by atoms with Crippen molar-refractivity contribution in [2.45, 2.75) is 13.1 Å². The Morgan fingerprint density at radius 2 is 1.53 bits per heavy atom. The van der Waals surface area contributed by atoms with E-state index >= 15 is 0 Å². The van der Waals surface area contributed by atoms with Gasteiger partial charge in [0, 0.05) is 17.3 Å². The molecule has 0 unspecified atom stereocenters. The van der Waals surface area contributed by atoms with Crippen molar-refractivity contribution >= 4 is 11.6 Å². The van der Waals surface area contributed by atoms with Crippen molar-refractivity contribution in [1.82, 2.24) is 9.78 Å². The van der Waals surface area contributed by atoms with Crippen molar-refractivity contribution in [2.75, 3.05) is 12.0 Å². The van der Waals surface area contributed by atoms with Crippen molar-refractivity contribution in [3.8, 4) is 17.0 Å². The maximum atomic E-state index is 13.3. The quantitative estimate of drug-likeness (QED) is 0.446. The third-order valence-electron chi connectivity index (χ3n) is 5.09. The fourth-order valence-electron chi connectivity index (χ4n) is 3.39. The molecule has 0 aliphatic carbocycles. The van der Waals surface area contributed by atoms with Gasteiger partial charge in [-0.05, 0) is 48.0 Å². The summed E-state index contributed by atoms with van der Waals surface area (Å²) in [5.74, 6) is 0.512. The summed E-state index contributed by atoms with van der Waals surface area (Å²) in [6.07, 6.45) is 0. The van der Waals surface area contributed by atoms with E-state index in [1.165, 1.54) is 10.7 Å². The smallest absolute Gasteiger partial charge is 0.267 e. The van der Waals surface area contributed by atoms with Crippen molar-refractivity contribution in [3.63, 3.8) is 0 Å². The molecule has 6 nitrogen and oxygen atoms in total. The molecule has 1 heterocycles. The van der Waals surface area contributed by atoms with Crippen molar-refractivity contribution in [1.29, 1.82) is 0 Å². The van der Waals surface area contributed by atoms with E-state index in [9.17, 15) is 9.59 Å². The topological polar surface area (TPSA) is 64.4 Å². The second kappa shape index (κ2) is 9.75. The standard InChI is InChI=1S/C26H23N3O3/c1-32-23-14-12-21(13-15-23)24-16-17-25(30)29(27-24)19-26(31)28(22-10-6-3-7-11-22)18-20-8-4-2-5-9-20/h2-17H,18-19H2,1H3. The zero-order valence-electron chi connectivity index (χ0n) is 17.7. The first-order valence-corrected chi connectivity index (χ1v) is 10.3. The monoisotopic (exact) mass is 425 g/mol. The number of carbonyl (C=O) groups excluding carboxylic acids is 1. The number of nitrogens with zero attached hydrogens (tertiary/aromatic N) is 3. The Labute approximate surface area is 186 Å². The lowest BCUT2D eigenvalue weighted by atomic mass is 10.1. The molecule has 0 spiro atoms. The van der Waals surface area contributed by atoms with Crippen LogP contribution < -0.4 is 15.2 Å². The predicted molar refractivity (Wildman–Crippen MR) is 125 cm³/mol. The predicted octanol–water partition coefficient (Wildman–Crippen LogP) is 4.15. The van der Waals surface area contributed by atoms with E-state index < -0.39 is 0 Å². The lowest BCUT2D eigenvalue weighted by molar-refractivity contribution is -0.119. The number of carbonyl (C=O) groups is 1. The van der Waals surface area contributed by atoms with E-state index in [0.29, 0.717) is 12.2 Å². The van der Waals surface area contributed by atoms with Gasteiger partial charge in [-0.15, -0.1) is 0 Å². The molecule has 0 aliphatic heterocycles. The van der Waals surface area contributed by atoms with Crippen LogP contribution in [0.15, 0.2) is 102 Å². The highest BCUT2D eigenvalue weighted by Gasteiger charge is 2.18. The number of benzene rings is 3. The Bertz CT molecular complexity index is 1240. The largest absolute Gasteiger partial charge is 0.497 e. The lowest BCUT2D eigenvalue weighted by Crippen LogP contribution is -2.37. The number of anilines is 1. The van der Waals surface area contributed by atoms with Crippen LogP contribution in [0.3, 0.4) is 0 Å². The van der Waals surface area contributed by atoms with Gasteiger partial charge in [-0.25, -0.2) is 4.68 Å². The van der Waals surface area contributed by atoms with Crippen molar-refractivity contribution in [3.05, 3.63) is 113 Å². The number of hydrogen-bond acceptors (Lipinski definition) is 4. The molecule has 1 amide bonds. The van der Waals surface area contributed by atoms with Gasteiger partial charge >= 0.3 is 0 Å². The highest BCUT2D eigenvalue weighted by Crippen LogP contribution is 2.20. The summed E-state index contributed by atoms with van der Waals surface area (Å²) in [4.78, 5) is 27.4. The summed E-state index contributed by atoms with van der Waals surface area (Å²) in [7, 11) is 1.60. The Morgan fingerprint density at radius 1 is 0.875 bits per heavy atom. The first kappa shape index (κ1) is 21.1. The normalized spacial score (nSPS) is 10.5. The molecule has 6 heteroatoms. The van der Waals surface area contributed by atoms with Crippen LogP contribution in [0.4, 0.5) is 5.69 Å². The Balaban J connectivity index is 1.62. The van der Waals surface area contributed by atoms with Gasteiger partial charge in [0.1, 0.15) is 12.3 Å². The number of ether oxygens (including phenoxy) is 1. The Kier molecular flexibility index (Phi) is 6.41. The molecule has 0 aliphatic rings. The molecule has 3 aromatic carbocycles. The fraction of sp³-hybridized carbons (Fsp3) is 0.115. The molecule has 0 atom stereocenters. The third-order valence-corrected chi connectivity index (χ3v) is 5.09. The Hall–Kier alpha value is -4.19. The molecule has 32 heavy (non-hydrogen) atoms. The maximum absolute atomic E-state index is 13.3. The summed E-state index contributed by atoms with van der Waals surface area (Å²) >= 11 is 0. The highest BCUT2D eigenvalue weighted by molar-refractivity contribution is 5.93. The van der Waals surface area contributed by atoms with Crippen LogP contribution >= 0.6 is 0 Å². The van der Waals surface area contributed by atoms with Crippen molar-refractivity contribution in [2.24, 2.45) is 0 Å². The summed E-state index contributed by atoms with van der Waals surface area (Å²) in [6, 6.07) is 29.7. The van der Waals surface area contributed by atoms with Crippen LogP contribution in [0.25, 0.3) is 11.3 Å². The SMILES string of the molecule is COc1ccc(-c2ccc(=O)n(CC(=O)N(Cc3ccccc3)c3ccccc3)n2)cc1. The molecular formula is C26H23N3O3. The number of rotatable bonds is 7. The molecule has 0 saturated carbocycles. The van der Waals surface area contributed by atoms with Gasteiger partial charge in [-0.2, -0.15) is 5.10 Å². The van der Waals surface area contributed by atoms with E-state index in [1.807, 2.05) is 84.9 Å². The minimum atomic E-state index is -0.330. The second-order valence-electron chi connectivity index (χ2n) is 7.24. The van der Waals surface area contributed by atoms with Gasteiger partial charge < -0.3 is 9.64 Å². The van der Waals surface area contributed by atoms with Crippen LogP contribution in [0, 0.1) is 0 Å². The molecule has 0 fully saturated rings. The summed E-state index contributed by atoms with van der Waals surface area (Å²) < 4.78 is 6.40. The van der Waals surface area contributed by atoms with Crippen molar-refractivity contribution < 1.29 is 9.53 Å². The molecule has 0 saturated heterocycles. The minimum Gasteiger partial charge on any atom is -0.497 e. The first-order chi connectivity index (χ1) is 15.6. The third kappa shape index (κ3) is 4.92.